The second-order valence-corrected chi connectivity index (χ2v) is 5.76. The molecule has 5 heteroatoms. The second kappa shape index (κ2) is 10.7. The number of piperidine rings is 1. The van der Waals surface area contributed by atoms with Crippen LogP contribution < -0.4 is 5.32 Å². The smallest absolute Gasteiger partial charge is 0.0406 e. The fourth-order valence-electron chi connectivity index (χ4n) is 2.36. The standard InChI is InChI=1S/C15H23ClN2.2ClH/c1-13-6-9-18(10-7-13)11-8-17-12-14-2-4-15(16)5-3-14;;/h2-5,13,17H,6-12H2,1H3;2*1H. The van der Waals surface area contributed by atoms with Gasteiger partial charge in [-0.05, 0) is 49.5 Å². The van der Waals surface area contributed by atoms with Crippen molar-refractivity contribution < 1.29 is 0 Å². The molecule has 1 heterocycles. The number of rotatable bonds is 5. The van der Waals surface area contributed by atoms with Gasteiger partial charge in [-0.2, -0.15) is 0 Å². The summed E-state index contributed by atoms with van der Waals surface area (Å²) >= 11 is 5.86. The van der Waals surface area contributed by atoms with Gasteiger partial charge in [-0.1, -0.05) is 30.7 Å². The van der Waals surface area contributed by atoms with Crippen molar-refractivity contribution in [3.05, 3.63) is 34.9 Å². The highest BCUT2D eigenvalue weighted by Crippen LogP contribution is 2.15. The Morgan fingerprint density at radius 1 is 1.15 bits per heavy atom. The van der Waals surface area contributed by atoms with E-state index in [1.807, 2.05) is 12.1 Å². The second-order valence-electron chi connectivity index (χ2n) is 5.33. The van der Waals surface area contributed by atoms with E-state index >= 15 is 0 Å². The SMILES string of the molecule is CC1CCN(CCNCc2ccc(Cl)cc2)CC1.Cl.Cl. The van der Waals surface area contributed by atoms with Crippen molar-refractivity contribution in [2.24, 2.45) is 5.92 Å². The van der Waals surface area contributed by atoms with E-state index in [0.717, 1.165) is 24.0 Å². The molecule has 20 heavy (non-hydrogen) atoms. The van der Waals surface area contributed by atoms with Crippen molar-refractivity contribution in [2.75, 3.05) is 26.2 Å². The fraction of sp³-hybridized carbons (Fsp3) is 0.600. The Hall–Kier alpha value is 0.01000. The average molecular weight is 340 g/mol. The maximum atomic E-state index is 5.86. The summed E-state index contributed by atoms with van der Waals surface area (Å²) in [4.78, 5) is 2.56. The van der Waals surface area contributed by atoms with E-state index in [1.54, 1.807) is 0 Å². The van der Waals surface area contributed by atoms with Crippen LogP contribution in [0.4, 0.5) is 0 Å². The topological polar surface area (TPSA) is 15.3 Å². The predicted octanol–water partition coefficient (Wildman–Crippen LogP) is 4.01. The molecular weight excluding hydrogens is 315 g/mol. The molecule has 1 aliphatic heterocycles. The maximum absolute atomic E-state index is 5.86. The highest BCUT2D eigenvalue weighted by atomic mass is 35.5. The number of halogens is 3. The Bertz CT molecular complexity index is 349. The summed E-state index contributed by atoms with van der Waals surface area (Å²) in [7, 11) is 0. The quantitative estimate of drug-likeness (QED) is 0.816. The molecular formula is C15H25Cl3N2. The molecule has 0 unspecified atom stereocenters. The van der Waals surface area contributed by atoms with Crippen LogP contribution in [0, 0.1) is 5.92 Å². The Labute approximate surface area is 140 Å². The van der Waals surface area contributed by atoms with E-state index in [1.165, 1.54) is 38.0 Å². The zero-order valence-electron chi connectivity index (χ0n) is 12.0. The molecule has 0 saturated carbocycles. The monoisotopic (exact) mass is 338 g/mol. The molecule has 116 valence electrons. The van der Waals surface area contributed by atoms with Crippen LogP contribution in [-0.2, 0) is 6.54 Å². The van der Waals surface area contributed by atoms with E-state index in [4.69, 9.17) is 11.6 Å². The lowest BCUT2D eigenvalue weighted by Gasteiger charge is -2.30. The van der Waals surface area contributed by atoms with Crippen molar-refractivity contribution in [2.45, 2.75) is 26.3 Å². The van der Waals surface area contributed by atoms with Crippen LogP contribution >= 0.6 is 36.4 Å². The Morgan fingerprint density at radius 3 is 2.35 bits per heavy atom. The van der Waals surface area contributed by atoms with Gasteiger partial charge < -0.3 is 10.2 Å². The van der Waals surface area contributed by atoms with Gasteiger partial charge in [0.1, 0.15) is 0 Å². The molecule has 0 atom stereocenters. The summed E-state index contributed by atoms with van der Waals surface area (Å²) in [5.41, 5.74) is 1.30. The number of hydrogen-bond acceptors (Lipinski definition) is 2. The zero-order chi connectivity index (χ0) is 12.8. The van der Waals surface area contributed by atoms with Gasteiger partial charge in [0.2, 0.25) is 0 Å². The number of nitrogens with one attached hydrogen (secondary N) is 1. The maximum Gasteiger partial charge on any atom is 0.0406 e. The summed E-state index contributed by atoms with van der Waals surface area (Å²) in [6.07, 6.45) is 2.72. The zero-order valence-corrected chi connectivity index (χ0v) is 14.4. The van der Waals surface area contributed by atoms with Crippen LogP contribution in [0.5, 0.6) is 0 Å². The predicted molar refractivity (Wildman–Crippen MR) is 92.5 cm³/mol. The van der Waals surface area contributed by atoms with Crippen molar-refractivity contribution in [3.8, 4) is 0 Å². The van der Waals surface area contributed by atoms with Crippen molar-refractivity contribution in [1.29, 1.82) is 0 Å². The van der Waals surface area contributed by atoms with Crippen LogP contribution in [0.15, 0.2) is 24.3 Å². The lowest BCUT2D eigenvalue weighted by Crippen LogP contribution is -2.37. The summed E-state index contributed by atoms with van der Waals surface area (Å²) in [5.74, 6) is 0.920. The Kier molecular flexibility index (Phi) is 10.7. The molecule has 0 spiro atoms. The first kappa shape index (κ1) is 20.0. The lowest BCUT2D eigenvalue weighted by atomic mass is 9.99. The van der Waals surface area contributed by atoms with Crippen LogP contribution in [0.2, 0.25) is 5.02 Å². The molecule has 1 fully saturated rings. The van der Waals surface area contributed by atoms with E-state index in [9.17, 15) is 0 Å². The Morgan fingerprint density at radius 2 is 1.75 bits per heavy atom. The normalized spacial score (nSPS) is 16.3. The minimum Gasteiger partial charge on any atom is -0.311 e. The molecule has 2 rings (SSSR count). The molecule has 1 aliphatic rings. The van der Waals surface area contributed by atoms with Gasteiger partial charge in [-0.15, -0.1) is 24.8 Å². The highest BCUT2D eigenvalue weighted by molar-refractivity contribution is 6.30. The van der Waals surface area contributed by atoms with Gasteiger partial charge >= 0.3 is 0 Å². The first-order valence-electron chi connectivity index (χ1n) is 6.91. The number of hydrogen-bond donors (Lipinski definition) is 1. The van der Waals surface area contributed by atoms with Crippen molar-refractivity contribution in [1.82, 2.24) is 10.2 Å². The lowest BCUT2D eigenvalue weighted by molar-refractivity contribution is 0.193. The highest BCUT2D eigenvalue weighted by Gasteiger charge is 2.14. The van der Waals surface area contributed by atoms with Gasteiger partial charge in [0, 0.05) is 24.7 Å². The largest absolute Gasteiger partial charge is 0.311 e. The minimum absolute atomic E-state index is 0. The van der Waals surface area contributed by atoms with Gasteiger partial charge in [-0.25, -0.2) is 0 Å². The van der Waals surface area contributed by atoms with Crippen molar-refractivity contribution >= 4 is 36.4 Å². The molecule has 0 bridgehead atoms. The minimum atomic E-state index is 0. The molecule has 0 aliphatic carbocycles. The van der Waals surface area contributed by atoms with Gasteiger partial charge in [0.15, 0.2) is 0 Å². The molecule has 1 aromatic carbocycles. The third-order valence-corrected chi connectivity index (χ3v) is 3.98. The molecule has 0 aromatic heterocycles. The van der Waals surface area contributed by atoms with E-state index in [-0.39, 0.29) is 24.8 Å². The number of nitrogens with zero attached hydrogens (tertiary/aromatic N) is 1. The molecule has 0 amide bonds. The molecule has 0 radical (unpaired) electrons. The number of benzene rings is 1. The van der Waals surface area contributed by atoms with E-state index < -0.39 is 0 Å². The van der Waals surface area contributed by atoms with Crippen molar-refractivity contribution in [3.63, 3.8) is 0 Å². The summed E-state index contributed by atoms with van der Waals surface area (Å²) < 4.78 is 0. The first-order valence-corrected chi connectivity index (χ1v) is 7.29. The summed E-state index contributed by atoms with van der Waals surface area (Å²) in [5, 5.41) is 4.30. The van der Waals surface area contributed by atoms with Gasteiger partial charge in [-0.3, -0.25) is 0 Å². The summed E-state index contributed by atoms with van der Waals surface area (Å²) in [6.45, 7) is 8.06. The first-order chi connectivity index (χ1) is 8.74. The Balaban J connectivity index is 0.00000180. The van der Waals surface area contributed by atoms with Crippen LogP contribution in [0.25, 0.3) is 0 Å². The molecule has 1 saturated heterocycles. The average Bonchev–Trinajstić information content (AvgIpc) is 2.39. The third kappa shape index (κ3) is 7.14. The van der Waals surface area contributed by atoms with Gasteiger partial charge in [0.25, 0.3) is 0 Å². The van der Waals surface area contributed by atoms with Gasteiger partial charge in [0.05, 0.1) is 0 Å². The van der Waals surface area contributed by atoms with E-state index in [0.29, 0.717) is 0 Å². The van der Waals surface area contributed by atoms with Crippen LogP contribution in [-0.4, -0.2) is 31.1 Å². The van der Waals surface area contributed by atoms with Crippen LogP contribution in [0.1, 0.15) is 25.3 Å². The summed E-state index contributed by atoms with van der Waals surface area (Å²) in [6, 6.07) is 8.06. The number of likely N-dealkylation sites (tertiary alicyclic amines) is 1. The molecule has 1 aromatic rings. The third-order valence-electron chi connectivity index (χ3n) is 3.72. The molecule has 1 N–H and O–H groups in total. The van der Waals surface area contributed by atoms with Crippen LogP contribution in [0.3, 0.4) is 0 Å². The fourth-order valence-corrected chi connectivity index (χ4v) is 2.48. The molecule has 2 nitrogen and oxygen atoms in total. The van der Waals surface area contributed by atoms with E-state index in [2.05, 4.69) is 29.3 Å².